The summed E-state index contributed by atoms with van der Waals surface area (Å²) in [6.07, 6.45) is 9.27. The van der Waals surface area contributed by atoms with Crippen LogP contribution < -0.4 is 5.73 Å². The number of piperidine rings is 1. The summed E-state index contributed by atoms with van der Waals surface area (Å²) in [5.74, 6) is 0.170. The van der Waals surface area contributed by atoms with E-state index in [0.717, 1.165) is 29.9 Å². The fourth-order valence-corrected chi connectivity index (χ4v) is 3.98. The van der Waals surface area contributed by atoms with Gasteiger partial charge < -0.3 is 10.6 Å². The van der Waals surface area contributed by atoms with Crippen molar-refractivity contribution in [2.24, 2.45) is 5.41 Å². The Morgan fingerprint density at radius 3 is 2.38 bits per heavy atom. The van der Waals surface area contributed by atoms with Gasteiger partial charge in [-0.3, -0.25) is 4.79 Å². The lowest BCUT2D eigenvalue weighted by atomic mass is 9.68. The van der Waals surface area contributed by atoms with Gasteiger partial charge >= 0.3 is 0 Å². The van der Waals surface area contributed by atoms with Crippen molar-refractivity contribution in [3.63, 3.8) is 0 Å². The number of hydrogen-bond acceptors (Lipinski definition) is 2. The fraction of sp³-hybridized carbons (Fsp3) is 0.611. The monoisotopic (exact) mass is 286 g/mol. The van der Waals surface area contributed by atoms with Crippen molar-refractivity contribution < 1.29 is 4.79 Å². The molecule has 0 atom stereocenters. The van der Waals surface area contributed by atoms with Crippen molar-refractivity contribution in [1.29, 1.82) is 0 Å². The van der Waals surface area contributed by atoms with Gasteiger partial charge in [-0.2, -0.15) is 0 Å². The first-order chi connectivity index (χ1) is 10.1. The molecule has 1 saturated carbocycles. The third-order valence-electron chi connectivity index (χ3n) is 5.54. The summed E-state index contributed by atoms with van der Waals surface area (Å²) in [4.78, 5) is 14.7. The average Bonchev–Trinajstić information content (AvgIpc) is 2.51. The van der Waals surface area contributed by atoms with Crippen molar-refractivity contribution in [1.82, 2.24) is 4.90 Å². The molecule has 1 spiro atoms. The Labute approximate surface area is 127 Å². The van der Waals surface area contributed by atoms with Gasteiger partial charge in [0.05, 0.1) is 0 Å². The van der Waals surface area contributed by atoms with Crippen LogP contribution in [0.15, 0.2) is 18.2 Å². The number of amides is 1. The number of nitrogens with zero attached hydrogens (tertiary/aromatic N) is 1. The molecule has 0 radical (unpaired) electrons. The summed E-state index contributed by atoms with van der Waals surface area (Å²) in [5, 5.41) is 0. The Balaban J connectivity index is 1.65. The zero-order chi connectivity index (χ0) is 14.9. The summed E-state index contributed by atoms with van der Waals surface area (Å²) in [6.45, 7) is 3.80. The molecular formula is C18H26N2O. The Kier molecular flexibility index (Phi) is 3.92. The first kappa shape index (κ1) is 14.4. The number of rotatable bonds is 1. The predicted octanol–water partition coefficient (Wildman–Crippen LogP) is 3.76. The predicted molar refractivity (Wildman–Crippen MR) is 86.2 cm³/mol. The highest BCUT2D eigenvalue weighted by Crippen LogP contribution is 2.44. The Morgan fingerprint density at radius 2 is 1.76 bits per heavy atom. The lowest BCUT2D eigenvalue weighted by molar-refractivity contribution is 0.0472. The highest BCUT2D eigenvalue weighted by atomic mass is 16.2. The minimum Gasteiger partial charge on any atom is -0.399 e. The van der Waals surface area contributed by atoms with E-state index in [1.807, 2.05) is 30.0 Å². The molecule has 1 amide bonds. The first-order valence-electron chi connectivity index (χ1n) is 8.25. The maximum atomic E-state index is 12.6. The third-order valence-corrected chi connectivity index (χ3v) is 5.54. The molecule has 1 aliphatic carbocycles. The quantitative estimate of drug-likeness (QED) is 0.799. The number of likely N-dealkylation sites (tertiary alicyclic amines) is 1. The van der Waals surface area contributed by atoms with E-state index < -0.39 is 0 Å². The van der Waals surface area contributed by atoms with Crippen molar-refractivity contribution in [3.05, 3.63) is 29.3 Å². The highest BCUT2D eigenvalue weighted by molar-refractivity contribution is 5.95. The van der Waals surface area contributed by atoms with E-state index in [2.05, 4.69) is 0 Å². The molecule has 1 aromatic rings. The molecule has 1 heterocycles. The number of nitrogen functional groups attached to an aromatic ring is 1. The summed E-state index contributed by atoms with van der Waals surface area (Å²) in [7, 11) is 0. The van der Waals surface area contributed by atoms with Crippen LogP contribution in [-0.4, -0.2) is 23.9 Å². The summed E-state index contributed by atoms with van der Waals surface area (Å²) in [5.41, 5.74) is 8.91. The molecule has 21 heavy (non-hydrogen) atoms. The number of nitrogens with two attached hydrogens (primary N) is 1. The van der Waals surface area contributed by atoms with Crippen LogP contribution in [0.1, 0.15) is 60.9 Å². The maximum Gasteiger partial charge on any atom is 0.253 e. The van der Waals surface area contributed by atoms with Gasteiger partial charge in [0.1, 0.15) is 0 Å². The number of carbonyl (C=O) groups excluding carboxylic acids is 1. The molecule has 2 N–H and O–H groups in total. The van der Waals surface area contributed by atoms with Crippen LogP contribution in [-0.2, 0) is 0 Å². The molecule has 3 heteroatoms. The van der Waals surface area contributed by atoms with Crippen LogP contribution in [0.2, 0.25) is 0 Å². The standard InChI is InChI=1S/C18H26N2O/c1-14-13-15(5-6-16(14)19)17(21)20-11-9-18(10-12-20)7-3-2-4-8-18/h5-6,13H,2-4,7-12,19H2,1H3. The van der Waals surface area contributed by atoms with E-state index in [4.69, 9.17) is 5.73 Å². The van der Waals surface area contributed by atoms with E-state index in [1.165, 1.54) is 44.9 Å². The summed E-state index contributed by atoms with van der Waals surface area (Å²) >= 11 is 0. The summed E-state index contributed by atoms with van der Waals surface area (Å²) in [6, 6.07) is 5.62. The maximum absolute atomic E-state index is 12.6. The molecular weight excluding hydrogens is 260 g/mol. The number of aryl methyl sites for hydroxylation is 1. The van der Waals surface area contributed by atoms with Crippen molar-refractivity contribution in [2.75, 3.05) is 18.8 Å². The molecule has 2 fully saturated rings. The van der Waals surface area contributed by atoms with Crippen molar-refractivity contribution >= 4 is 11.6 Å². The topological polar surface area (TPSA) is 46.3 Å². The molecule has 114 valence electrons. The van der Waals surface area contributed by atoms with E-state index in [1.54, 1.807) is 0 Å². The molecule has 1 saturated heterocycles. The molecule has 1 aromatic carbocycles. The molecule has 3 nitrogen and oxygen atoms in total. The van der Waals surface area contributed by atoms with Gasteiger partial charge in [-0.1, -0.05) is 19.3 Å². The number of anilines is 1. The average molecular weight is 286 g/mol. The number of benzene rings is 1. The Hall–Kier alpha value is -1.51. The minimum atomic E-state index is 0.170. The van der Waals surface area contributed by atoms with Gasteiger partial charge in [0.25, 0.3) is 5.91 Å². The third kappa shape index (κ3) is 2.92. The van der Waals surface area contributed by atoms with Gasteiger partial charge in [-0.25, -0.2) is 0 Å². The van der Waals surface area contributed by atoms with Gasteiger partial charge in [-0.15, -0.1) is 0 Å². The Morgan fingerprint density at radius 1 is 1.10 bits per heavy atom. The van der Waals surface area contributed by atoms with Crippen LogP contribution in [0, 0.1) is 12.3 Å². The second-order valence-corrected chi connectivity index (χ2v) is 6.92. The number of carbonyl (C=O) groups is 1. The molecule has 3 rings (SSSR count). The second-order valence-electron chi connectivity index (χ2n) is 6.92. The minimum absolute atomic E-state index is 0.170. The van der Waals surface area contributed by atoms with E-state index in [-0.39, 0.29) is 5.91 Å². The molecule has 0 aromatic heterocycles. The van der Waals surface area contributed by atoms with E-state index >= 15 is 0 Å². The van der Waals surface area contributed by atoms with Gasteiger partial charge in [-0.05, 0) is 61.8 Å². The van der Waals surface area contributed by atoms with Gasteiger partial charge in [0.2, 0.25) is 0 Å². The van der Waals surface area contributed by atoms with E-state index in [0.29, 0.717) is 5.41 Å². The molecule has 2 aliphatic rings. The smallest absolute Gasteiger partial charge is 0.253 e. The van der Waals surface area contributed by atoms with Crippen LogP contribution >= 0.6 is 0 Å². The normalized spacial score (nSPS) is 21.5. The Bertz CT molecular complexity index is 522. The highest BCUT2D eigenvalue weighted by Gasteiger charge is 2.36. The van der Waals surface area contributed by atoms with E-state index in [9.17, 15) is 4.79 Å². The zero-order valence-corrected chi connectivity index (χ0v) is 13.0. The largest absolute Gasteiger partial charge is 0.399 e. The molecule has 1 aliphatic heterocycles. The number of hydrogen-bond donors (Lipinski definition) is 1. The van der Waals surface area contributed by atoms with Crippen LogP contribution in [0.5, 0.6) is 0 Å². The van der Waals surface area contributed by atoms with Gasteiger partial charge in [0, 0.05) is 24.3 Å². The van der Waals surface area contributed by atoms with Crippen molar-refractivity contribution in [2.45, 2.75) is 51.9 Å². The molecule has 0 unspecified atom stereocenters. The summed E-state index contributed by atoms with van der Waals surface area (Å²) < 4.78 is 0. The lowest BCUT2D eigenvalue weighted by Gasteiger charge is -2.44. The second kappa shape index (κ2) is 5.70. The van der Waals surface area contributed by atoms with Crippen LogP contribution in [0.25, 0.3) is 0 Å². The fourth-order valence-electron chi connectivity index (χ4n) is 3.98. The van der Waals surface area contributed by atoms with Crippen molar-refractivity contribution in [3.8, 4) is 0 Å². The SMILES string of the molecule is Cc1cc(C(=O)N2CCC3(CCCCC3)CC2)ccc1N. The molecule has 0 bridgehead atoms. The zero-order valence-electron chi connectivity index (χ0n) is 13.0. The van der Waals surface area contributed by atoms with Crippen LogP contribution in [0.3, 0.4) is 0 Å². The van der Waals surface area contributed by atoms with Gasteiger partial charge in [0.15, 0.2) is 0 Å². The lowest BCUT2D eigenvalue weighted by Crippen LogP contribution is -2.43. The first-order valence-corrected chi connectivity index (χ1v) is 8.25. The van der Waals surface area contributed by atoms with Crippen LogP contribution in [0.4, 0.5) is 5.69 Å².